The molecule has 0 fully saturated rings. The second-order valence-electron chi connectivity index (χ2n) is 4.62. The van der Waals surface area contributed by atoms with Crippen molar-refractivity contribution >= 4 is 29.1 Å². The van der Waals surface area contributed by atoms with Crippen LogP contribution < -0.4 is 0 Å². The van der Waals surface area contributed by atoms with Crippen molar-refractivity contribution in [1.29, 1.82) is 0 Å². The largest absolute Gasteiger partial charge is 0.466 e. The van der Waals surface area contributed by atoms with E-state index in [2.05, 4.69) is 25.8 Å². The van der Waals surface area contributed by atoms with E-state index in [9.17, 15) is 4.79 Å². The second kappa shape index (κ2) is 6.40. The van der Waals surface area contributed by atoms with E-state index < -0.39 is 0 Å². The average molecular weight is 273 g/mol. The molecule has 0 N–H and O–H groups in total. The second-order valence-corrected chi connectivity index (χ2v) is 7.36. The number of thiazole rings is 1. The van der Waals surface area contributed by atoms with Crippen LogP contribution in [0, 0.1) is 0 Å². The molecule has 0 spiro atoms. The van der Waals surface area contributed by atoms with Crippen LogP contribution >= 0.6 is 23.1 Å². The number of ether oxygens (including phenoxy) is 1. The van der Waals surface area contributed by atoms with Crippen molar-refractivity contribution in [3.63, 3.8) is 0 Å². The standard InChI is InChI=1S/C12H19NO2S2/c1-5-15-11(14)6-9-7-16-10(13-9)8-17-12(2,3)4/h7H,5-6,8H2,1-4H3. The van der Waals surface area contributed by atoms with Gasteiger partial charge in [0.15, 0.2) is 0 Å². The van der Waals surface area contributed by atoms with Crippen molar-refractivity contribution < 1.29 is 9.53 Å². The number of rotatable bonds is 5. The molecular formula is C12H19NO2S2. The third kappa shape index (κ3) is 6.07. The molecule has 0 aromatic carbocycles. The van der Waals surface area contributed by atoms with E-state index in [0.29, 0.717) is 6.61 Å². The molecule has 17 heavy (non-hydrogen) atoms. The number of esters is 1. The van der Waals surface area contributed by atoms with Crippen LogP contribution in [0.25, 0.3) is 0 Å². The van der Waals surface area contributed by atoms with Crippen molar-refractivity contribution in [2.75, 3.05) is 6.61 Å². The Labute approximate surface area is 111 Å². The predicted octanol–water partition coefficient (Wildman–Crippen LogP) is 3.28. The zero-order valence-corrected chi connectivity index (χ0v) is 12.4. The lowest BCUT2D eigenvalue weighted by atomic mass is 10.3. The quantitative estimate of drug-likeness (QED) is 0.772. The summed E-state index contributed by atoms with van der Waals surface area (Å²) >= 11 is 3.47. The monoisotopic (exact) mass is 273 g/mol. The molecule has 0 aliphatic heterocycles. The molecule has 0 unspecified atom stereocenters. The first-order chi connectivity index (χ1) is 7.90. The minimum atomic E-state index is -0.201. The van der Waals surface area contributed by atoms with Gasteiger partial charge in [-0.2, -0.15) is 0 Å². The normalized spacial score (nSPS) is 11.5. The maximum atomic E-state index is 11.3. The minimum absolute atomic E-state index is 0.201. The zero-order valence-electron chi connectivity index (χ0n) is 10.8. The Hall–Kier alpha value is -0.550. The van der Waals surface area contributed by atoms with E-state index in [1.807, 2.05) is 24.1 Å². The van der Waals surface area contributed by atoms with Gasteiger partial charge >= 0.3 is 5.97 Å². The van der Waals surface area contributed by atoms with Gasteiger partial charge in [-0.05, 0) is 6.92 Å². The van der Waals surface area contributed by atoms with Gasteiger partial charge in [-0.15, -0.1) is 23.1 Å². The first-order valence-electron chi connectivity index (χ1n) is 5.63. The van der Waals surface area contributed by atoms with Crippen LogP contribution in [0.15, 0.2) is 5.38 Å². The Balaban J connectivity index is 2.45. The Kier molecular flexibility index (Phi) is 5.46. The molecule has 1 heterocycles. The van der Waals surface area contributed by atoms with Crippen molar-refractivity contribution in [2.45, 2.75) is 44.6 Å². The number of nitrogens with zero attached hydrogens (tertiary/aromatic N) is 1. The minimum Gasteiger partial charge on any atom is -0.466 e. The van der Waals surface area contributed by atoms with Gasteiger partial charge in [-0.3, -0.25) is 4.79 Å². The molecule has 0 amide bonds. The van der Waals surface area contributed by atoms with Crippen molar-refractivity contribution in [1.82, 2.24) is 4.98 Å². The lowest BCUT2D eigenvalue weighted by Crippen LogP contribution is -2.08. The van der Waals surface area contributed by atoms with Gasteiger partial charge in [0.05, 0.1) is 18.7 Å². The summed E-state index contributed by atoms with van der Waals surface area (Å²) in [7, 11) is 0. The molecule has 0 aliphatic carbocycles. The molecule has 3 nitrogen and oxygen atoms in total. The van der Waals surface area contributed by atoms with E-state index in [-0.39, 0.29) is 17.1 Å². The van der Waals surface area contributed by atoms with Gasteiger partial charge in [0, 0.05) is 15.9 Å². The van der Waals surface area contributed by atoms with E-state index in [1.54, 1.807) is 11.3 Å². The summed E-state index contributed by atoms with van der Waals surface area (Å²) < 4.78 is 5.13. The highest BCUT2D eigenvalue weighted by Gasteiger charge is 2.13. The van der Waals surface area contributed by atoms with Crippen LogP contribution in [0.3, 0.4) is 0 Å². The highest BCUT2D eigenvalue weighted by molar-refractivity contribution is 7.99. The zero-order chi connectivity index (χ0) is 12.9. The smallest absolute Gasteiger partial charge is 0.311 e. The van der Waals surface area contributed by atoms with Gasteiger partial charge in [-0.25, -0.2) is 4.98 Å². The molecule has 0 saturated carbocycles. The summed E-state index contributed by atoms with van der Waals surface area (Å²) in [4.78, 5) is 15.7. The van der Waals surface area contributed by atoms with Crippen LogP contribution in [-0.4, -0.2) is 22.3 Å². The predicted molar refractivity (Wildman–Crippen MR) is 73.5 cm³/mol. The molecule has 0 aliphatic rings. The SMILES string of the molecule is CCOC(=O)Cc1csc(CSC(C)(C)C)n1. The van der Waals surface area contributed by atoms with Crippen molar-refractivity contribution in [3.8, 4) is 0 Å². The number of carbonyl (C=O) groups is 1. The third-order valence-corrected chi connectivity index (χ3v) is 4.22. The Morgan fingerprint density at radius 3 is 2.82 bits per heavy atom. The van der Waals surface area contributed by atoms with Crippen LogP contribution in [0.4, 0.5) is 0 Å². The average Bonchev–Trinajstić information content (AvgIpc) is 2.62. The molecule has 1 aromatic heterocycles. The Morgan fingerprint density at radius 2 is 2.24 bits per heavy atom. The molecule has 0 atom stereocenters. The van der Waals surface area contributed by atoms with Gasteiger partial charge < -0.3 is 4.74 Å². The summed E-state index contributed by atoms with van der Waals surface area (Å²) in [5.74, 6) is 0.699. The fourth-order valence-corrected chi connectivity index (χ4v) is 2.78. The number of aromatic nitrogens is 1. The fourth-order valence-electron chi connectivity index (χ4n) is 1.13. The van der Waals surface area contributed by atoms with Gasteiger partial charge in [0.25, 0.3) is 0 Å². The van der Waals surface area contributed by atoms with Gasteiger partial charge in [-0.1, -0.05) is 20.8 Å². The number of thioether (sulfide) groups is 1. The maximum Gasteiger partial charge on any atom is 0.311 e. The van der Waals surface area contributed by atoms with E-state index >= 15 is 0 Å². The number of hydrogen-bond acceptors (Lipinski definition) is 5. The van der Waals surface area contributed by atoms with Gasteiger partial charge in [0.2, 0.25) is 0 Å². The van der Waals surface area contributed by atoms with Crippen molar-refractivity contribution in [2.24, 2.45) is 0 Å². The molecule has 0 saturated heterocycles. The first kappa shape index (κ1) is 14.5. The highest BCUT2D eigenvalue weighted by Crippen LogP contribution is 2.28. The summed E-state index contributed by atoms with van der Waals surface area (Å²) in [6.07, 6.45) is 0.282. The van der Waals surface area contributed by atoms with Gasteiger partial charge in [0.1, 0.15) is 5.01 Å². The maximum absolute atomic E-state index is 11.3. The van der Waals surface area contributed by atoms with E-state index in [1.165, 1.54) is 0 Å². The summed E-state index contributed by atoms with van der Waals surface area (Å²) in [6, 6.07) is 0. The summed E-state index contributed by atoms with van der Waals surface area (Å²) in [5.41, 5.74) is 0.818. The molecule has 0 radical (unpaired) electrons. The highest BCUT2D eigenvalue weighted by atomic mass is 32.2. The summed E-state index contributed by atoms with van der Waals surface area (Å²) in [5, 5.41) is 3.01. The lowest BCUT2D eigenvalue weighted by Gasteiger charge is -2.16. The van der Waals surface area contributed by atoms with Crippen LogP contribution in [0.2, 0.25) is 0 Å². The lowest BCUT2D eigenvalue weighted by molar-refractivity contribution is -0.142. The molecule has 96 valence electrons. The molecule has 1 aromatic rings. The Bertz CT molecular complexity index is 369. The van der Waals surface area contributed by atoms with Crippen molar-refractivity contribution in [3.05, 3.63) is 16.1 Å². The van der Waals surface area contributed by atoms with Crippen LogP contribution in [-0.2, 0) is 21.7 Å². The topological polar surface area (TPSA) is 39.2 Å². The van der Waals surface area contributed by atoms with Crippen LogP contribution in [0.1, 0.15) is 38.4 Å². The van der Waals surface area contributed by atoms with Crippen LogP contribution in [0.5, 0.6) is 0 Å². The molecule has 1 rings (SSSR count). The molecular weight excluding hydrogens is 254 g/mol. The van der Waals surface area contributed by atoms with E-state index in [0.717, 1.165) is 16.5 Å². The third-order valence-electron chi connectivity index (χ3n) is 1.86. The summed E-state index contributed by atoms with van der Waals surface area (Å²) in [6.45, 7) is 8.79. The number of carbonyl (C=O) groups excluding carboxylic acids is 1. The molecule has 5 heteroatoms. The van der Waals surface area contributed by atoms with E-state index in [4.69, 9.17) is 4.74 Å². The fraction of sp³-hybridized carbons (Fsp3) is 0.667. The number of hydrogen-bond donors (Lipinski definition) is 0. The Morgan fingerprint density at radius 1 is 1.53 bits per heavy atom. The first-order valence-corrected chi connectivity index (χ1v) is 7.50. The molecule has 0 bridgehead atoms.